The minimum absolute atomic E-state index is 0.0955. The van der Waals surface area contributed by atoms with Crippen LogP contribution in [0.15, 0.2) is 30.3 Å². The van der Waals surface area contributed by atoms with Crippen molar-refractivity contribution in [2.45, 2.75) is 78.6 Å². The van der Waals surface area contributed by atoms with E-state index in [1.807, 2.05) is 31.2 Å². The lowest BCUT2D eigenvalue weighted by Crippen LogP contribution is -2.13. The summed E-state index contributed by atoms with van der Waals surface area (Å²) in [5.41, 5.74) is 2.15. The summed E-state index contributed by atoms with van der Waals surface area (Å²) in [7, 11) is 0. The molecule has 1 unspecified atom stereocenters. The predicted molar refractivity (Wildman–Crippen MR) is 112 cm³/mol. The summed E-state index contributed by atoms with van der Waals surface area (Å²) in [4.78, 5) is 21.1. The third kappa shape index (κ3) is 12.0. The van der Waals surface area contributed by atoms with Gasteiger partial charge in [-0.05, 0) is 36.0 Å². The van der Waals surface area contributed by atoms with Gasteiger partial charge in [0, 0.05) is 6.08 Å². The van der Waals surface area contributed by atoms with Crippen molar-refractivity contribution in [3.05, 3.63) is 41.5 Å². The Morgan fingerprint density at radius 3 is 2.15 bits per heavy atom. The zero-order chi connectivity index (χ0) is 20.7. The Bertz CT molecular complexity index is 575. The van der Waals surface area contributed by atoms with Gasteiger partial charge in [0.2, 0.25) is 0 Å². The summed E-state index contributed by atoms with van der Waals surface area (Å²) in [5.74, 6) is -1.21. The molecule has 0 saturated heterocycles. The Labute approximate surface area is 164 Å². The molecule has 0 spiro atoms. The molecule has 0 radical (unpaired) electrons. The predicted octanol–water partition coefficient (Wildman–Crippen LogP) is 6.37. The molecule has 0 heterocycles. The fourth-order valence-electron chi connectivity index (χ4n) is 2.91. The van der Waals surface area contributed by atoms with Crippen LogP contribution in [0.4, 0.5) is 0 Å². The van der Waals surface area contributed by atoms with Crippen molar-refractivity contribution < 1.29 is 19.8 Å². The Hall–Kier alpha value is -2.10. The second-order valence-electron chi connectivity index (χ2n) is 7.13. The lowest BCUT2D eigenvalue weighted by molar-refractivity contribution is -0.142. The zero-order valence-electron chi connectivity index (χ0n) is 17.3. The van der Waals surface area contributed by atoms with Crippen LogP contribution in [0.1, 0.15) is 89.7 Å². The number of carboxylic acids is 2. The van der Waals surface area contributed by atoms with Gasteiger partial charge < -0.3 is 10.2 Å². The van der Waals surface area contributed by atoms with Gasteiger partial charge in [0.15, 0.2) is 0 Å². The van der Waals surface area contributed by atoms with E-state index in [4.69, 9.17) is 10.2 Å². The Balaban J connectivity index is 0.000000503. The molecule has 0 aliphatic rings. The summed E-state index contributed by atoms with van der Waals surface area (Å²) in [6.45, 7) is 8.39. The van der Waals surface area contributed by atoms with Gasteiger partial charge in [0.05, 0.1) is 5.92 Å². The van der Waals surface area contributed by atoms with Crippen LogP contribution in [-0.2, 0) is 9.59 Å². The van der Waals surface area contributed by atoms with E-state index in [-0.39, 0.29) is 5.92 Å². The van der Waals surface area contributed by atoms with E-state index >= 15 is 0 Å². The molecule has 0 fully saturated rings. The SMILES string of the molecule is CC(C)c1ccccc1/C=C/C(=O)O.CCCCCCC(CCC)C(=O)O. The molecular weight excluding hydrogens is 340 g/mol. The van der Waals surface area contributed by atoms with E-state index in [2.05, 4.69) is 20.8 Å². The van der Waals surface area contributed by atoms with Crippen LogP contribution in [0, 0.1) is 5.92 Å². The molecule has 4 nitrogen and oxygen atoms in total. The van der Waals surface area contributed by atoms with Crippen molar-refractivity contribution >= 4 is 18.0 Å². The molecule has 1 aromatic rings. The largest absolute Gasteiger partial charge is 0.481 e. The van der Waals surface area contributed by atoms with E-state index in [0.717, 1.165) is 31.2 Å². The highest BCUT2D eigenvalue weighted by Crippen LogP contribution is 2.20. The molecule has 152 valence electrons. The lowest BCUT2D eigenvalue weighted by Gasteiger charge is -2.09. The van der Waals surface area contributed by atoms with Crippen LogP contribution >= 0.6 is 0 Å². The maximum absolute atomic E-state index is 10.8. The highest BCUT2D eigenvalue weighted by molar-refractivity contribution is 5.85. The van der Waals surface area contributed by atoms with Gasteiger partial charge in [-0.25, -0.2) is 4.79 Å². The van der Waals surface area contributed by atoms with E-state index < -0.39 is 11.9 Å². The highest BCUT2D eigenvalue weighted by atomic mass is 16.4. The van der Waals surface area contributed by atoms with E-state index in [1.54, 1.807) is 6.08 Å². The minimum Gasteiger partial charge on any atom is -0.481 e. The van der Waals surface area contributed by atoms with Crippen molar-refractivity contribution in [1.82, 2.24) is 0 Å². The average Bonchev–Trinajstić information content (AvgIpc) is 2.63. The molecule has 0 aromatic heterocycles. The van der Waals surface area contributed by atoms with Crippen LogP contribution in [0.3, 0.4) is 0 Å². The van der Waals surface area contributed by atoms with Crippen molar-refractivity contribution in [1.29, 1.82) is 0 Å². The normalized spacial score (nSPS) is 11.9. The molecule has 1 aromatic carbocycles. The quantitative estimate of drug-likeness (QED) is 0.348. The second-order valence-corrected chi connectivity index (χ2v) is 7.13. The van der Waals surface area contributed by atoms with Crippen molar-refractivity contribution in [3.63, 3.8) is 0 Å². The van der Waals surface area contributed by atoms with Crippen molar-refractivity contribution in [3.8, 4) is 0 Å². The summed E-state index contributed by atoms with van der Waals surface area (Å²) in [5, 5.41) is 17.4. The Morgan fingerprint density at radius 1 is 0.963 bits per heavy atom. The van der Waals surface area contributed by atoms with Crippen LogP contribution in [0.25, 0.3) is 6.08 Å². The lowest BCUT2D eigenvalue weighted by atomic mass is 9.96. The first-order valence-electron chi connectivity index (χ1n) is 10.1. The number of benzene rings is 1. The Morgan fingerprint density at radius 2 is 1.63 bits per heavy atom. The first-order chi connectivity index (χ1) is 12.8. The van der Waals surface area contributed by atoms with Crippen LogP contribution in [0.2, 0.25) is 0 Å². The fourth-order valence-corrected chi connectivity index (χ4v) is 2.91. The maximum Gasteiger partial charge on any atom is 0.328 e. The molecule has 2 N–H and O–H groups in total. The molecule has 0 saturated carbocycles. The van der Waals surface area contributed by atoms with Gasteiger partial charge in [-0.1, -0.05) is 84.1 Å². The smallest absolute Gasteiger partial charge is 0.328 e. The van der Waals surface area contributed by atoms with Gasteiger partial charge in [-0.3, -0.25) is 4.79 Å². The highest BCUT2D eigenvalue weighted by Gasteiger charge is 2.14. The van der Waals surface area contributed by atoms with E-state index in [1.165, 1.54) is 30.9 Å². The maximum atomic E-state index is 10.8. The standard InChI is InChI=1S/C12H14O2.C11H22O2/c1-9(2)11-6-4-3-5-10(11)7-8-12(13)14;1-3-5-6-7-9-10(8-4-2)11(12)13/h3-9H,1-2H3,(H,13,14);10H,3-9H2,1-2H3,(H,12,13)/b8-7+;. The Kier molecular flexibility index (Phi) is 13.8. The van der Waals surface area contributed by atoms with Crippen LogP contribution in [-0.4, -0.2) is 22.2 Å². The fraction of sp³-hybridized carbons (Fsp3) is 0.565. The summed E-state index contributed by atoms with van der Waals surface area (Å²) in [6.07, 6.45) is 10.2. The molecule has 0 bridgehead atoms. The van der Waals surface area contributed by atoms with Gasteiger partial charge in [-0.15, -0.1) is 0 Å². The second kappa shape index (κ2) is 15.0. The first-order valence-corrected chi connectivity index (χ1v) is 10.1. The first kappa shape index (κ1) is 24.9. The topological polar surface area (TPSA) is 74.6 Å². The van der Waals surface area contributed by atoms with Gasteiger partial charge in [-0.2, -0.15) is 0 Å². The number of unbranched alkanes of at least 4 members (excludes halogenated alkanes) is 3. The van der Waals surface area contributed by atoms with E-state index in [9.17, 15) is 9.59 Å². The molecular formula is C23H36O4. The monoisotopic (exact) mass is 376 g/mol. The van der Waals surface area contributed by atoms with Gasteiger partial charge in [0.25, 0.3) is 0 Å². The average molecular weight is 377 g/mol. The van der Waals surface area contributed by atoms with Crippen LogP contribution < -0.4 is 0 Å². The summed E-state index contributed by atoms with van der Waals surface area (Å²) < 4.78 is 0. The molecule has 0 aliphatic carbocycles. The molecule has 1 rings (SSSR count). The number of carbonyl (C=O) groups is 2. The summed E-state index contributed by atoms with van der Waals surface area (Å²) >= 11 is 0. The zero-order valence-corrected chi connectivity index (χ0v) is 17.3. The minimum atomic E-state index is -0.913. The third-order valence-corrected chi connectivity index (χ3v) is 4.42. The molecule has 0 aliphatic heterocycles. The number of hydrogen-bond acceptors (Lipinski definition) is 2. The number of carboxylic acid groups (broad SMARTS) is 2. The van der Waals surface area contributed by atoms with Crippen LogP contribution in [0.5, 0.6) is 0 Å². The number of rotatable bonds is 11. The molecule has 4 heteroatoms. The molecule has 0 amide bonds. The van der Waals surface area contributed by atoms with E-state index in [0.29, 0.717) is 5.92 Å². The van der Waals surface area contributed by atoms with Crippen molar-refractivity contribution in [2.75, 3.05) is 0 Å². The van der Waals surface area contributed by atoms with Gasteiger partial charge in [0.1, 0.15) is 0 Å². The number of hydrogen-bond donors (Lipinski definition) is 2. The third-order valence-electron chi connectivity index (χ3n) is 4.42. The van der Waals surface area contributed by atoms with Crippen molar-refractivity contribution in [2.24, 2.45) is 5.92 Å². The molecule has 1 atom stereocenters. The summed E-state index contributed by atoms with van der Waals surface area (Å²) in [6, 6.07) is 7.82. The number of aliphatic carboxylic acids is 2. The molecule has 27 heavy (non-hydrogen) atoms. The van der Waals surface area contributed by atoms with Gasteiger partial charge >= 0.3 is 11.9 Å².